The third-order valence-corrected chi connectivity index (χ3v) is 4.04. The number of hydrogen-bond acceptors (Lipinski definition) is 6. The van der Waals surface area contributed by atoms with Gasteiger partial charge in [-0.1, -0.05) is 11.6 Å². The van der Waals surface area contributed by atoms with Gasteiger partial charge in [0.05, 0.1) is 25.8 Å². The van der Waals surface area contributed by atoms with Crippen LogP contribution in [0.2, 0.25) is 5.02 Å². The lowest BCUT2D eigenvalue weighted by Crippen LogP contribution is -2.50. The molecule has 0 spiro atoms. The van der Waals surface area contributed by atoms with Crippen molar-refractivity contribution in [1.29, 1.82) is 0 Å². The Hall–Kier alpha value is -2.32. The maximum Gasteiger partial charge on any atom is 0.407 e. The number of morpholine rings is 1. The van der Waals surface area contributed by atoms with Crippen molar-refractivity contribution in [2.45, 2.75) is 13.0 Å². The van der Waals surface area contributed by atoms with Crippen molar-refractivity contribution in [2.75, 3.05) is 40.0 Å². The summed E-state index contributed by atoms with van der Waals surface area (Å²) < 4.78 is 15.7. The predicted molar refractivity (Wildman–Crippen MR) is 93.7 cm³/mol. The van der Waals surface area contributed by atoms with E-state index in [-0.39, 0.29) is 30.9 Å². The first-order valence-electron chi connectivity index (χ1n) is 8.05. The fraction of sp³-hybridized carbons (Fsp3) is 0.471. The van der Waals surface area contributed by atoms with Crippen molar-refractivity contribution in [3.8, 4) is 5.75 Å². The van der Waals surface area contributed by atoms with Gasteiger partial charge in [0.15, 0.2) is 5.78 Å². The quantitative estimate of drug-likeness (QED) is 0.747. The van der Waals surface area contributed by atoms with Crippen LogP contribution >= 0.6 is 11.6 Å². The van der Waals surface area contributed by atoms with E-state index in [0.29, 0.717) is 36.0 Å². The van der Waals surface area contributed by atoms with Gasteiger partial charge in [0.25, 0.3) is 0 Å². The highest BCUT2D eigenvalue weighted by Gasteiger charge is 2.25. The number of ketones is 1. The minimum Gasteiger partial charge on any atom is -0.490 e. The molecule has 0 aliphatic carbocycles. The van der Waals surface area contributed by atoms with Crippen LogP contribution in [0.3, 0.4) is 0 Å². The number of nitrogens with zero attached hydrogens (tertiary/aromatic N) is 1. The molecule has 0 radical (unpaired) electrons. The van der Waals surface area contributed by atoms with Gasteiger partial charge < -0.3 is 24.4 Å². The number of alkyl carbamates (subject to hydrolysis) is 1. The Bertz CT molecular complexity index is 681. The van der Waals surface area contributed by atoms with Crippen LogP contribution in [0.15, 0.2) is 18.2 Å². The van der Waals surface area contributed by atoms with Crippen LogP contribution in [0.1, 0.15) is 17.3 Å². The smallest absolute Gasteiger partial charge is 0.407 e. The number of carbonyl (C=O) groups is 3. The molecule has 1 heterocycles. The van der Waals surface area contributed by atoms with Crippen LogP contribution in [0.25, 0.3) is 0 Å². The number of methoxy groups -OCH3 is 1. The molecule has 1 aromatic rings. The molecule has 2 rings (SSSR count). The number of hydrogen-bond donors (Lipinski definition) is 1. The SMILES string of the molecule is COC(=O)NCC(=O)N1CCOC(COc2ccc(Cl)cc2C(C)=O)C1. The Labute approximate surface area is 156 Å². The fourth-order valence-electron chi connectivity index (χ4n) is 2.46. The van der Waals surface area contributed by atoms with Gasteiger partial charge in [-0.2, -0.15) is 0 Å². The van der Waals surface area contributed by atoms with Crippen LogP contribution < -0.4 is 10.1 Å². The normalized spacial score (nSPS) is 16.7. The number of halogens is 1. The van der Waals surface area contributed by atoms with Crippen molar-refractivity contribution < 1.29 is 28.6 Å². The Morgan fingerprint density at radius 3 is 2.85 bits per heavy atom. The average Bonchev–Trinajstić information content (AvgIpc) is 2.64. The molecule has 1 aromatic carbocycles. The molecule has 0 saturated carbocycles. The highest BCUT2D eigenvalue weighted by Crippen LogP contribution is 2.24. The highest BCUT2D eigenvalue weighted by atomic mass is 35.5. The molecule has 26 heavy (non-hydrogen) atoms. The second-order valence-corrected chi connectivity index (χ2v) is 6.12. The van der Waals surface area contributed by atoms with Gasteiger partial charge in [0.1, 0.15) is 25.0 Å². The summed E-state index contributed by atoms with van der Waals surface area (Å²) in [5.41, 5.74) is 0.392. The molecule has 1 unspecified atom stereocenters. The van der Waals surface area contributed by atoms with Gasteiger partial charge in [-0.05, 0) is 25.1 Å². The predicted octanol–water partition coefficient (Wildman–Crippen LogP) is 1.50. The van der Waals surface area contributed by atoms with E-state index in [1.807, 2.05) is 0 Å². The third-order valence-electron chi connectivity index (χ3n) is 3.81. The van der Waals surface area contributed by atoms with Gasteiger partial charge >= 0.3 is 6.09 Å². The Kier molecular flexibility index (Phi) is 7.23. The first-order chi connectivity index (χ1) is 12.4. The number of benzene rings is 1. The second kappa shape index (κ2) is 9.40. The van der Waals surface area contributed by atoms with E-state index in [4.69, 9.17) is 21.1 Å². The zero-order chi connectivity index (χ0) is 19.1. The lowest BCUT2D eigenvalue weighted by Gasteiger charge is -2.33. The van der Waals surface area contributed by atoms with E-state index in [1.54, 1.807) is 23.1 Å². The maximum absolute atomic E-state index is 12.1. The van der Waals surface area contributed by atoms with E-state index < -0.39 is 6.09 Å². The molecule has 9 heteroatoms. The summed E-state index contributed by atoms with van der Waals surface area (Å²) in [5.74, 6) is 0.0266. The Balaban J connectivity index is 1.90. The van der Waals surface area contributed by atoms with E-state index in [9.17, 15) is 14.4 Å². The van der Waals surface area contributed by atoms with Gasteiger partial charge in [0.2, 0.25) is 5.91 Å². The number of ether oxygens (including phenoxy) is 3. The monoisotopic (exact) mass is 384 g/mol. The summed E-state index contributed by atoms with van der Waals surface area (Å²) in [5, 5.41) is 2.80. The van der Waals surface area contributed by atoms with Gasteiger partial charge in [-0.3, -0.25) is 9.59 Å². The van der Waals surface area contributed by atoms with Gasteiger partial charge in [-0.15, -0.1) is 0 Å². The summed E-state index contributed by atoms with van der Waals surface area (Å²) in [6.07, 6.45) is -1.01. The van der Waals surface area contributed by atoms with Crippen LogP contribution in [0, 0.1) is 0 Å². The molecule has 1 fully saturated rings. The van der Waals surface area contributed by atoms with Crippen molar-refractivity contribution in [1.82, 2.24) is 10.2 Å². The Morgan fingerprint density at radius 1 is 1.38 bits per heavy atom. The zero-order valence-corrected chi connectivity index (χ0v) is 15.4. The molecule has 1 aliphatic heterocycles. The molecule has 8 nitrogen and oxygen atoms in total. The van der Waals surface area contributed by atoms with Crippen molar-refractivity contribution in [3.63, 3.8) is 0 Å². The number of nitrogens with one attached hydrogen (secondary N) is 1. The summed E-state index contributed by atoms with van der Waals surface area (Å²) in [4.78, 5) is 36.4. The largest absolute Gasteiger partial charge is 0.490 e. The van der Waals surface area contributed by atoms with E-state index in [2.05, 4.69) is 10.1 Å². The summed E-state index contributed by atoms with van der Waals surface area (Å²) in [6, 6.07) is 4.82. The van der Waals surface area contributed by atoms with Gasteiger partial charge in [0, 0.05) is 11.6 Å². The number of carbonyl (C=O) groups excluding carboxylic acids is 3. The molecule has 0 aromatic heterocycles. The average molecular weight is 385 g/mol. The van der Waals surface area contributed by atoms with Gasteiger partial charge in [-0.25, -0.2) is 4.79 Å². The maximum atomic E-state index is 12.1. The molecule has 1 saturated heterocycles. The molecule has 1 N–H and O–H groups in total. The van der Waals surface area contributed by atoms with Crippen LogP contribution in [-0.2, 0) is 14.3 Å². The first-order valence-corrected chi connectivity index (χ1v) is 8.43. The summed E-state index contributed by atoms with van der Waals surface area (Å²) >= 11 is 5.91. The van der Waals surface area contributed by atoms with E-state index in [0.717, 1.165) is 0 Å². The zero-order valence-electron chi connectivity index (χ0n) is 14.6. The molecular weight excluding hydrogens is 364 g/mol. The molecule has 0 bridgehead atoms. The highest BCUT2D eigenvalue weighted by molar-refractivity contribution is 6.31. The molecule has 142 valence electrons. The molecular formula is C17H21ClN2O6. The number of Topliss-reactive ketones (excluding diaryl/α,β-unsaturated/α-hetero) is 1. The van der Waals surface area contributed by atoms with Crippen LogP contribution in [0.4, 0.5) is 4.79 Å². The van der Waals surface area contributed by atoms with Crippen molar-refractivity contribution >= 4 is 29.4 Å². The topological polar surface area (TPSA) is 94.2 Å². The minimum absolute atomic E-state index is 0.147. The molecule has 1 atom stereocenters. The standard InChI is InChI=1S/C17H21ClN2O6/c1-11(21)14-7-12(18)3-4-15(14)26-10-13-9-20(5-6-25-13)16(22)8-19-17(23)24-2/h3-4,7,13H,5-6,8-10H2,1-2H3,(H,19,23). The van der Waals surface area contributed by atoms with Crippen LogP contribution in [-0.4, -0.2) is 68.7 Å². The second-order valence-electron chi connectivity index (χ2n) is 5.69. The van der Waals surface area contributed by atoms with Crippen LogP contribution in [0.5, 0.6) is 5.75 Å². The molecule has 1 aliphatic rings. The first kappa shape index (κ1) is 20.0. The van der Waals surface area contributed by atoms with E-state index >= 15 is 0 Å². The van der Waals surface area contributed by atoms with Crippen molar-refractivity contribution in [2.24, 2.45) is 0 Å². The molecule has 2 amide bonds. The summed E-state index contributed by atoms with van der Waals surface area (Å²) in [7, 11) is 1.23. The fourth-order valence-corrected chi connectivity index (χ4v) is 2.64. The summed E-state index contributed by atoms with van der Waals surface area (Å²) in [6.45, 7) is 2.58. The minimum atomic E-state index is -0.661. The third kappa shape index (κ3) is 5.60. The Morgan fingerprint density at radius 2 is 2.15 bits per heavy atom. The lowest BCUT2D eigenvalue weighted by atomic mass is 10.1. The lowest BCUT2D eigenvalue weighted by molar-refractivity contribution is -0.138. The number of amides is 2. The van der Waals surface area contributed by atoms with E-state index in [1.165, 1.54) is 14.0 Å². The van der Waals surface area contributed by atoms with Crippen molar-refractivity contribution in [3.05, 3.63) is 28.8 Å². The number of rotatable bonds is 6.